The lowest BCUT2D eigenvalue weighted by atomic mass is 9.98. The zero-order chi connectivity index (χ0) is 52.1. The molecule has 0 bridgehead atoms. The Morgan fingerprint density at radius 3 is 1.27 bits per heavy atom. The molecular formula is C56H66F6N10O3. The van der Waals surface area contributed by atoms with E-state index in [0.29, 0.717) is 55.1 Å². The van der Waals surface area contributed by atoms with Crippen molar-refractivity contribution in [3.05, 3.63) is 177 Å². The number of primary amides is 2. The van der Waals surface area contributed by atoms with E-state index >= 15 is 0 Å². The third-order valence-corrected chi connectivity index (χ3v) is 12.8. The maximum Gasteiger partial charge on any atom is 0.419 e. The molecule has 8 rings (SSSR count). The maximum absolute atomic E-state index is 13.7. The lowest BCUT2D eigenvalue weighted by Gasteiger charge is -2.35. The van der Waals surface area contributed by atoms with Crippen LogP contribution in [0.1, 0.15) is 89.3 Å². The zero-order valence-corrected chi connectivity index (χ0v) is 40.5. The van der Waals surface area contributed by atoms with Crippen LogP contribution in [0.25, 0.3) is 0 Å². The minimum absolute atomic E-state index is 0. The Hall–Kier alpha value is -7.41. The fourth-order valence-corrected chi connectivity index (χ4v) is 8.99. The van der Waals surface area contributed by atoms with Gasteiger partial charge in [0.1, 0.15) is 11.6 Å². The van der Waals surface area contributed by atoms with Gasteiger partial charge in [-0.25, -0.2) is 19.9 Å². The fourth-order valence-electron chi connectivity index (χ4n) is 8.99. The number of aromatic nitrogens is 4. The molecule has 5 N–H and O–H groups in total. The van der Waals surface area contributed by atoms with Crippen LogP contribution >= 0.6 is 0 Å². The van der Waals surface area contributed by atoms with E-state index in [4.69, 9.17) is 11.5 Å². The van der Waals surface area contributed by atoms with Crippen molar-refractivity contribution in [2.45, 2.75) is 85.5 Å². The van der Waals surface area contributed by atoms with Crippen LogP contribution in [0.4, 0.5) is 37.7 Å². The number of halogens is 6. The number of nitrogens with one attached hydrogen (secondary N) is 1. The van der Waals surface area contributed by atoms with Gasteiger partial charge in [-0.1, -0.05) is 87.6 Å². The number of piperazine rings is 2. The Balaban J connectivity index is 0.000000271. The number of amides is 3. The molecule has 400 valence electrons. The molecule has 2 fully saturated rings. The Kier molecular flexibility index (Phi) is 20.8. The van der Waals surface area contributed by atoms with E-state index in [9.17, 15) is 40.7 Å². The summed E-state index contributed by atoms with van der Waals surface area (Å²) < 4.78 is 82.1. The molecule has 2 aliphatic rings. The minimum Gasteiger partial charge on any atom is -0.369 e. The lowest BCUT2D eigenvalue weighted by Crippen LogP contribution is -2.48. The van der Waals surface area contributed by atoms with Crippen molar-refractivity contribution in [2.24, 2.45) is 11.5 Å². The number of hydrogen-bond donors (Lipinski definition) is 3. The van der Waals surface area contributed by atoms with Crippen molar-refractivity contribution in [3.63, 3.8) is 0 Å². The highest BCUT2D eigenvalue weighted by Gasteiger charge is 2.36. The molecule has 6 aromatic rings. The van der Waals surface area contributed by atoms with E-state index < -0.39 is 35.3 Å². The van der Waals surface area contributed by atoms with E-state index in [0.717, 1.165) is 85.3 Å². The van der Waals surface area contributed by atoms with E-state index in [2.05, 4.69) is 35.1 Å². The first-order valence-corrected chi connectivity index (χ1v) is 24.1. The summed E-state index contributed by atoms with van der Waals surface area (Å²) in [4.78, 5) is 57.2. The molecule has 13 nitrogen and oxygen atoms in total. The van der Waals surface area contributed by atoms with Gasteiger partial charge in [0.05, 0.1) is 35.4 Å². The zero-order valence-electron chi connectivity index (χ0n) is 40.5. The molecule has 0 unspecified atom stereocenters. The molecule has 2 aliphatic heterocycles. The van der Waals surface area contributed by atoms with Crippen LogP contribution in [0.3, 0.4) is 0 Å². The van der Waals surface area contributed by atoms with Crippen molar-refractivity contribution in [3.8, 4) is 0 Å². The molecule has 4 heterocycles. The number of anilines is 2. The van der Waals surface area contributed by atoms with Gasteiger partial charge in [-0.05, 0) is 83.3 Å². The molecule has 75 heavy (non-hydrogen) atoms. The Morgan fingerprint density at radius 2 is 0.907 bits per heavy atom. The van der Waals surface area contributed by atoms with Gasteiger partial charge in [0.15, 0.2) is 0 Å². The third-order valence-electron chi connectivity index (χ3n) is 12.8. The molecule has 0 radical (unpaired) electrons. The van der Waals surface area contributed by atoms with Crippen LogP contribution in [0.5, 0.6) is 0 Å². The second-order valence-electron chi connectivity index (χ2n) is 18.0. The maximum atomic E-state index is 13.7. The molecule has 0 atom stereocenters. The number of nitrogens with two attached hydrogens (primary N) is 2. The largest absolute Gasteiger partial charge is 0.419 e. The molecule has 2 saturated heterocycles. The second-order valence-corrected chi connectivity index (χ2v) is 18.0. The number of carbonyl (C=O) groups excluding carboxylic acids is 3. The van der Waals surface area contributed by atoms with Gasteiger partial charge in [-0.3, -0.25) is 14.4 Å². The number of benzene rings is 4. The smallest absolute Gasteiger partial charge is 0.369 e. The highest BCUT2D eigenvalue weighted by molar-refractivity contribution is 5.77. The van der Waals surface area contributed by atoms with Gasteiger partial charge in [0.25, 0.3) is 0 Å². The summed E-state index contributed by atoms with van der Waals surface area (Å²) in [6.07, 6.45) is -5.98. The number of alkyl halides is 6. The fraction of sp³-hybridized carbons (Fsp3) is 0.375. The molecule has 0 spiro atoms. The number of rotatable bonds is 16. The van der Waals surface area contributed by atoms with Crippen molar-refractivity contribution in [1.82, 2.24) is 30.2 Å². The van der Waals surface area contributed by atoms with Crippen LogP contribution in [-0.2, 0) is 78.1 Å². The Labute approximate surface area is 434 Å². The van der Waals surface area contributed by atoms with Crippen molar-refractivity contribution >= 4 is 29.1 Å². The normalized spacial score (nSPS) is 13.7. The Morgan fingerprint density at radius 1 is 0.533 bits per heavy atom. The second kappa shape index (κ2) is 26.7. The molecule has 0 aliphatic carbocycles. The van der Waals surface area contributed by atoms with Crippen molar-refractivity contribution < 1.29 is 40.7 Å². The molecular weight excluding hydrogens is 975 g/mol. The summed E-state index contributed by atoms with van der Waals surface area (Å²) in [5.74, 6) is -0.261. The van der Waals surface area contributed by atoms with Gasteiger partial charge >= 0.3 is 12.4 Å². The molecule has 4 aromatic carbocycles. The van der Waals surface area contributed by atoms with E-state index in [1.165, 1.54) is 0 Å². The van der Waals surface area contributed by atoms with E-state index in [1.807, 2.05) is 53.4 Å². The van der Waals surface area contributed by atoms with E-state index in [1.54, 1.807) is 55.5 Å². The molecule has 2 aromatic heterocycles. The minimum atomic E-state index is -4.57. The number of carbonyl (C=O) groups is 3. The van der Waals surface area contributed by atoms with Gasteiger partial charge in [-0.2, -0.15) is 26.3 Å². The summed E-state index contributed by atoms with van der Waals surface area (Å²) in [7, 11) is 0. The Bertz CT molecular complexity index is 2830. The first-order valence-electron chi connectivity index (χ1n) is 24.1. The number of aryl methyl sites for hydroxylation is 4. The monoisotopic (exact) mass is 1040 g/mol. The van der Waals surface area contributed by atoms with Gasteiger partial charge < -0.3 is 31.5 Å². The van der Waals surface area contributed by atoms with Crippen LogP contribution in [0.15, 0.2) is 109 Å². The van der Waals surface area contributed by atoms with E-state index in [-0.39, 0.29) is 64.3 Å². The first kappa shape index (κ1) is 58.5. The summed E-state index contributed by atoms with van der Waals surface area (Å²) in [5.41, 5.74) is 15.8. The summed E-state index contributed by atoms with van der Waals surface area (Å²) in [5, 5.41) is 3.32. The third kappa shape index (κ3) is 16.8. The van der Waals surface area contributed by atoms with Crippen molar-refractivity contribution in [1.29, 1.82) is 0 Å². The highest BCUT2D eigenvalue weighted by Crippen LogP contribution is 2.33. The topological polar surface area (TPSA) is 177 Å². The van der Waals surface area contributed by atoms with Crippen LogP contribution < -0.4 is 26.6 Å². The predicted octanol–water partition coefficient (Wildman–Crippen LogP) is 8.15. The number of hydrogen-bond acceptors (Lipinski definition) is 10. The molecule has 3 amide bonds. The summed E-state index contributed by atoms with van der Waals surface area (Å²) in [6.45, 7) is 8.16. The van der Waals surface area contributed by atoms with Gasteiger partial charge in [-0.15, -0.1) is 0 Å². The number of nitrogens with zero attached hydrogens (tertiary/aromatic N) is 7. The molecule has 0 saturated carbocycles. The summed E-state index contributed by atoms with van der Waals surface area (Å²) >= 11 is 0. The SMILES string of the molecule is C.C.CC(=O)N1CCN(c2ccc(Cc3ncc(C(F)(F)F)c(CCc4ccccc4CC(N)=O)n3)cc2)CC1.NC(=O)Cc1ccccc1CCc1nc(Cc2ccc(N3CCNCC3)cc2)ncc1C(F)(F)F. The standard InChI is InChI=1S/C28H30F3N5O2.C26H28F3N5O.2CH4/c1-19(37)35-12-14-36(15-13-35)23-9-6-20(7-10-23)16-27-33-18-24(28(29,30)31)25(34-27)11-8-21-4-2-3-5-22(21)17-26(32)38;27-26(28,29)22-17-32-25(15-18-5-8-21(9-6-18)34-13-11-31-12-14-34)33-23(22)10-7-19-3-1-2-4-20(19)16-24(30)35;;/h2-7,9-10,18H,8,11-17H2,1H3,(H2,32,38);1-6,8-9,17,31H,7,10-16H2,(H2,30,35);2*1H4. The average molecular weight is 1040 g/mol. The lowest BCUT2D eigenvalue weighted by molar-refractivity contribution is -0.139. The van der Waals surface area contributed by atoms with Crippen LogP contribution in [0, 0.1) is 0 Å². The van der Waals surface area contributed by atoms with Crippen LogP contribution in [0.2, 0.25) is 0 Å². The average Bonchev–Trinajstić information content (AvgIpc) is 3.36. The molecule has 19 heteroatoms. The quantitative estimate of drug-likeness (QED) is 0.0803. The van der Waals surface area contributed by atoms with Crippen LogP contribution in [-0.4, -0.2) is 94.9 Å². The van der Waals surface area contributed by atoms with Crippen molar-refractivity contribution in [2.75, 3.05) is 62.2 Å². The highest BCUT2D eigenvalue weighted by atomic mass is 19.4. The first-order chi connectivity index (χ1) is 34.9. The van der Waals surface area contributed by atoms with Gasteiger partial charge in [0.2, 0.25) is 17.7 Å². The predicted molar refractivity (Wildman–Crippen MR) is 279 cm³/mol. The summed E-state index contributed by atoms with van der Waals surface area (Å²) in [6, 6.07) is 30.0. The van der Waals surface area contributed by atoms with Gasteiger partial charge in [0, 0.05) is 95.9 Å².